The Balaban J connectivity index is 1.52. The van der Waals surface area contributed by atoms with Gasteiger partial charge in [-0.3, -0.25) is 10.1 Å². The van der Waals surface area contributed by atoms with Crippen LogP contribution < -0.4 is 14.8 Å². The Hall–Kier alpha value is -2.86. The third kappa shape index (κ3) is 5.57. The van der Waals surface area contributed by atoms with Crippen molar-refractivity contribution in [1.29, 1.82) is 0 Å². The second kappa shape index (κ2) is 9.90. The van der Waals surface area contributed by atoms with Gasteiger partial charge in [-0.05, 0) is 55.3 Å². The Morgan fingerprint density at radius 1 is 1.00 bits per heavy atom. The molecule has 1 N–H and O–H groups in total. The van der Waals surface area contributed by atoms with Crippen LogP contribution in [0, 0.1) is 0 Å². The summed E-state index contributed by atoms with van der Waals surface area (Å²) in [6.45, 7) is 4.69. The minimum absolute atomic E-state index is 0.0505. The van der Waals surface area contributed by atoms with Crippen molar-refractivity contribution >= 4 is 22.4 Å². The number of aromatic nitrogens is 1. The number of benzene rings is 2. The maximum Gasteiger partial charge on any atom is 0.264 e. The van der Waals surface area contributed by atoms with Crippen molar-refractivity contribution in [2.75, 3.05) is 18.5 Å². The van der Waals surface area contributed by atoms with Crippen molar-refractivity contribution in [2.45, 2.75) is 26.7 Å². The van der Waals surface area contributed by atoms with E-state index in [1.54, 1.807) is 0 Å². The zero-order chi connectivity index (χ0) is 19.8. The molecule has 0 aliphatic carbocycles. The number of rotatable bonds is 9. The van der Waals surface area contributed by atoms with Crippen LogP contribution in [-0.2, 0) is 11.2 Å². The van der Waals surface area contributed by atoms with Gasteiger partial charge in [0.1, 0.15) is 11.5 Å². The number of amides is 1. The van der Waals surface area contributed by atoms with Gasteiger partial charge < -0.3 is 9.47 Å². The molecule has 0 radical (unpaired) electrons. The van der Waals surface area contributed by atoms with Gasteiger partial charge in [-0.15, -0.1) is 11.3 Å². The average molecular weight is 397 g/mol. The zero-order valence-corrected chi connectivity index (χ0v) is 16.9. The summed E-state index contributed by atoms with van der Waals surface area (Å²) in [6.07, 6.45) is 2.15. The molecule has 3 rings (SSSR count). The SMILES string of the molecule is CCCc1ccc(OCC(=O)Nc2nc(-c3ccc(OCC)cc3)cs2)cc1. The van der Waals surface area contributed by atoms with Gasteiger partial charge in [0, 0.05) is 10.9 Å². The maximum absolute atomic E-state index is 12.1. The first-order valence-corrected chi connectivity index (χ1v) is 10.3. The van der Waals surface area contributed by atoms with E-state index in [9.17, 15) is 4.79 Å². The Morgan fingerprint density at radius 3 is 2.36 bits per heavy atom. The third-order valence-corrected chi connectivity index (χ3v) is 4.80. The molecule has 0 spiro atoms. The summed E-state index contributed by atoms with van der Waals surface area (Å²) < 4.78 is 11.0. The minimum atomic E-state index is -0.231. The fourth-order valence-corrected chi connectivity index (χ4v) is 3.43. The largest absolute Gasteiger partial charge is 0.494 e. The van der Waals surface area contributed by atoms with E-state index in [1.807, 2.05) is 60.8 Å². The Labute approximate surface area is 169 Å². The zero-order valence-electron chi connectivity index (χ0n) is 16.1. The van der Waals surface area contributed by atoms with Gasteiger partial charge in [-0.2, -0.15) is 0 Å². The van der Waals surface area contributed by atoms with Gasteiger partial charge in [-0.25, -0.2) is 4.98 Å². The molecule has 1 aromatic heterocycles. The lowest BCUT2D eigenvalue weighted by Crippen LogP contribution is -2.20. The minimum Gasteiger partial charge on any atom is -0.494 e. The van der Waals surface area contributed by atoms with E-state index in [0.29, 0.717) is 17.5 Å². The number of aryl methyl sites for hydroxylation is 1. The first kappa shape index (κ1) is 19.9. The van der Waals surface area contributed by atoms with Gasteiger partial charge in [0.2, 0.25) is 0 Å². The number of ether oxygens (including phenoxy) is 2. The van der Waals surface area contributed by atoms with Crippen LogP contribution in [0.5, 0.6) is 11.5 Å². The van der Waals surface area contributed by atoms with E-state index in [0.717, 1.165) is 29.8 Å². The summed E-state index contributed by atoms with van der Waals surface area (Å²) in [4.78, 5) is 16.6. The summed E-state index contributed by atoms with van der Waals surface area (Å²) >= 11 is 1.39. The Kier molecular flexibility index (Phi) is 7.03. The maximum atomic E-state index is 12.1. The molecule has 5 nitrogen and oxygen atoms in total. The monoisotopic (exact) mass is 396 g/mol. The number of thiazole rings is 1. The van der Waals surface area contributed by atoms with E-state index in [-0.39, 0.29) is 12.5 Å². The van der Waals surface area contributed by atoms with Crippen molar-refractivity contribution in [1.82, 2.24) is 4.98 Å². The van der Waals surface area contributed by atoms with Crippen molar-refractivity contribution < 1.29 is 14.3 Å². The van der Waals surface area contributed by atoms with Crippen LogP contribution in [0.4, 0.5) is 5.13 Å². The second-order valence-corrected chi connectivity index (χ2v) is 7.08. The highest BCUT2D eigenvalue weighted by Crippen LogP contribution is 2.26. The van der Waals surface area contributed by atoms with Crippen LogP contribution in [-0.4, -0.2) is 24.1 Å². The average Bonchev–Trinajstić information content (AvgIpc) is 3.17. The summed E-state index contributed by atoms with van der Waals surface area (Å²) in [5.74, 6) is 1.28. The third-order valence-electron chi connectivity index (χ3n) is 4.04. The molecule has 0 saturated carbocycles. The predicted molar refractivity (Wildman–Crippen MR) is 113 cm³/mol. The number of hydrogen-bond acceptors (Lipinski definition) is 5. The molecule has 0 fully saturated rings. The fraction of sp³-hybridized carbons (Fsp3) is 0.273. The normalized spacial score (nSPS) is 10.5. The molecule has 0 unspecified atom stereocenters. The van der Waals surface area contributed by atoms with Crippen LogP contribution in [0.1, 0.15) is 25.8 Å². The molecule has 146 valence electrons. The highest BCUT2D eigenvalue weighted by atomic mass is 32.1. The van der Waals surface area contributed by atoms with Crippen LogP contribution in [0.25, 0.3) is 11.3 Å². The van der Waals surface area contributed by atoms with E-state index in [2.05, 4.69) is 17.2 Å². The van der Waals surface area contributed by atoms with Crippen molar-refractivity contribution in [3.8, 4) is 22.8 Å². The molecule has 0 aliphatic heterocycles. The predicted octanol–water partition coefficient (Wildman–Crippen LogP) is 5.18. The quantitative estimate of drug-likeness (QED) is 0.541. The van der Waals surface area contributed by atoms with E-state index < -0.39 is 0 Å². The summed E-state index contributed by atoms with van der Waals surface area (Å²) in [5.41, 5.74) is 3.06. The molecular weight excluding hydrogens is 372 g/mol. The molecule has 0 saturated heterocycles. The number of carbonyl (C=O) groups is 1. The van der Waals surface area contributed by atoms with Crippen molar-refractivity contribution in [2.24, 2.45) is 0 Å². The second-order valence-electron chi connectivity index (χ2n) is 6.23. The van der Waals surface area contributed by atoms with Crippen molar-refractivity contribution in [3.63, 3.8) is 0 Å². The molecular formula is C22H24N2O3S. The topological polar surface area (TPSA) is 60.5 Å². The summed E-state index contributed by atoms with van der Waals surface area (Å²) in [6, 6.07) is 15.6. The molecule has 1 heterocycles. The first-order valence-electron chi connectivity index (χ1n) is 9.38. The highest BCUT2D eigenvalue weighted by Gasteiger charge is 2.09. The van der Waals surface area contributed by atoms with E-state index in [1.165, 1.54) is 16.9 Å². The molecule has 1 amide bonds. The van der Waals surface area contributed by atoms with Gasteiger partial charge in [-0.1, -0.05) is 25.5 Å². The number of nitrogens with one attached hydrogen (secondary N) is 1. The summed E-state index contributed by atoms with van der Waals surface area (Å²) in [7, 11) is 0. The lowest BCUT2D eigenvalue weighted by Gasteiger charge is -2.07. The molecule has 0 aliphatic rings. The lowest BCUT2D eigenvalue weighted by molar-refractivity contribution is -0.118. The number of carbonyl (C=O) groups excluding carboxylic acids is 1. The summed E-state index contributed by atoms with van der Waals surface area (Å²) in [5, 5.41) is 5.25. The van der Waals surface area contributed by atoms with Crippen LogP contribution in [0.15, 0.2) is 53.9 Å². The van der Waals surface area contributed by atoms with Gasteiger partial charge >= 0.3 is 0 Å². The van der Waals surface area contributed by atoms with Gasteiger partial charge in [0.05, 0.1) is 12.3 Å². The Morgan fingerprint density at radius 2 is 1.68 bits per heavy atom. The smallest absolute Gasteiger partial charge is 0.264 e. The van der Waals surface area contributed by atoms with Crippen LogP contribution >= 0.6 is 11.3 Å². The van der Waals surface area contributed by atoms with Gasteiger partial charge in [0.15, 0.2) is 11.7 Å². The first-order chi connectivity index (χ1) is 13.7. The highest BCUT2D eigenvalue weighted by molar-refractivity contribution is 7.14. The standard InChI is InChI=1S/C22H24N2O3S/c1-3-5-16-6-10-19(11-7-16)27-14-21(25)24-22-23-20(15-28-22)17-8-12-18(13-9-17)26-4-2/h6-13,15H,3-5,14H2,1-2H3,(H,23,24,25). The van der Waals surface area contributed by atoms with Crippen LogP contribution in [0.3, 0.4) is 0 Å². The number of hydrogen-bond donors (Lipinski definition) is 1. The molecule has 3 aromatic rings. The molecule has 2 aromatic carbocycles. The van der Waals surface area contributed by atoms with Gasteiger partial charge in [0.25, 0.3) is 5.91 Å². The van der Waals surface area contributed by atoms with E-state index >= 15 is 0 Å². The van der Waals surface area contributed by atoms with Crippen molar-refractivity contribution in [3.05, 3.63) is 59.5 Å². The molecule has 28 heavy (non-hydrogen) atoms. The fourth-order valence-electron chi connectivity index (χ4n) is 2.70. The molecule has 6 heteroatoms. The molecule has 0 atom stereocenters. The van der Waals surface area contributed by atoms with Crippen LogP contribution in [0.2, 0.25) is 0 Å². The van der Waals surface area contributed by atoms with E-state index in [4.69, 9.17) is 9.47 Å². The number of anilines is 1. The molecule has 0 bridgehead atoms. The lowest BCUT2D eigenvalue weighted by atomic mass is 10.1. The number of nitrogens with zero attached hydrogens (tertiary/aromatic N) is 1. The Bertz CT molecular complexity index is 889.